The number of nitrogens with zero attached hydrogens (tertiary/aromatic N) is 3. The van der Waals surface area contributed by atoms with Crippen LogP contribution in [0.3, 0.4) is 0 Å². The normalized spacial score (nSPS) is 12.0. The van der Waals surface area contributed by atoms with Crippen molar-refractivity contribution < 1.29 is 19.0 Å². The third kappa shape index (κ3) is 3.80. The van der Waals surface area contributed by atoms with E-state index in [1.54, 1.807) is 19.2 Å². The van der Waals surface area contributed by atoms with Gasteiger partial charge in [0.05, 0.1) is 18.4 Å². The highest BCUT2D eigenvalue weighted by molar-refractivity contribution is 7.99. The van der Waals surface area contributed by atoms with Crippen molar-refractivity contribution in [3.8, 4) is 34.3 Å². The third-order valence-corrected chi connectivity index (χ3v) is 5.95. The maximum Gasteiger partial charge on any atom is 0.231 e. The zero-order valence-electron chi connectivity index (χ0n) is 17.2. The van der Waals surface area contributed by atoms with E-state index in [4.69, 9.17) is 14.2 Å². The SMILES string of the molecule is COc1ccccc1C(=O)CSc1nnc(-c2ccc3c(c2)OCO3)n1-c1ccccc1. The molecule has 0 spiro atoms. The number of carbonyl (C=O) groups is 1. The van der Waals surface area contributed by atoms with Crippen molar-refractivity contribution in [1.82, 2.24) is 14.8 Å². The summed E-state index contributed by atoms with van der Waals surface area (Å²) in [5.41, 5.74) is 2.29. The third-order valence-electron chi connectivity index (χ3n) is 5.02. The van der Waals surface area contributed by atoms with E-state index in [2.05, 4.69) is 10.2 Å². The number of hydrogen-bond acceptors (Lipinski definition) is 7. The van der Waals surface area contributed by atoms with Gasteiger partial charge in [0.2, 0.25) is 6.79 Å². The Labute approximate surface area is 189 Å². The number of thioether (sulfide) groups is 1. The summed E-state index contributed by atoms with van der Waals surface area (Å²) in [4.78, 5) is 12.9. The van der Waals surface area contributed by atoms with Gasteiger partial charge in [0, 0.05) is 11.3 Å². The molecule has 0 bridgehead atoms. The molecule has 2 heterocycles. The molecule has 7 nitrogen and oxygen atoms in total. The number of para-hydroxylation sites is 2. The van der Waals surface area contributed by atoms with Crippen LogP contribution in [0, 0.1) is 0 Å². The zero-order valence-corrected chi connectivity index (χ0v) is 18.0. The second-order valence-corrected chi connectivity index (χ2v) is 7.90. The number of ketones is 1. The van der Waals surface area contributed by atoms with Crippen LogP contribution in [0.4, 0.5) is 0 Å². The molecule has 160 valence electrons. The van der Waals surface area contributed by atoms with Crippen LogP contribution in [0.5, 0.6) is 17.2 Å². The van der Waals surface area contributed by atoms with Gasteiger partial charge in [-0.1, -0.05) is 42.1 Å². The molecule has 4 aromatic rings. The lowest BCUT2D eigenvalue weighted by Crippen LogP contribution is -2.06. The predicted octanol–water partition coefficient (Wildman–Crippen LogP) is 4.65. The van der Waals surface area contributed by atoms with Gasteiger partial charge in [-0.05, 0) is 42.5 Å². The standard InChI is InChI=1S/C24H19N3O4S/c1-29-20-10-6-5-9-18(20)19(28)14-32-24-26-25-23(27(24)17-7-3-2-4-8-17)16-11-12-21-22(13-16)31-15-30-21/h2-13H,14-15H2,1H3. The number of aromatic nitrogens is 3. The highest BCUT2D eigenvalue weighted by Crippen LogP contribution is 2.37. The second-order valence-electron chi connectivity index (χ2n) is 6.96. The van der Waals surface area contributed by atoms with Gasteiger partial charge in [0.1, 0.15) is 5.75 Å². The van der Waals surface area contributed by atoms with Gasteiger partial charge in [-0.2, -0.15) is 0 Å². The maximum atomic E-state index is 12.9. The van der Waals surface area contributed by atoms with Crippen molar-refractivity contribution in [2.45, 2.75) is 5.16 Å². The molecule has 5 rings (SSSR count). The predicted molar refractivity (Wildman–Crippen MR) is 121 cm³/mol. The summed E-state index contributed by atoms with van der Waals surface area (Å²) in [5.74, 6) is 2.75. The zero-order chi connectivity index (χ0) is 21.9. The van der Waals surface area contributed by atoms with E-state index in [9.17, 15) is 4.79 Å². The van der Waals surface area contributed by atoms with Gasteiger partial charge in [-0.15, -0.1) is 10.2 Å². The Morgan fingerprint density at radius 3 is 2.62 bits per heavy atom. The molecule has 0 unspecified atom stereocenters. The number of ether oxygens (including phenoxy) is 3. The first-order valence-corrected chi connectivity index (χ1v) is 10.9. The van der Waals surface area contributed by atoms with Crippen molar-refractivity contribution in [3.05, 3.63) is 78.4 Å². The summed E-state index contributed by atoms with van der Waals surface area (Å²) in [5, 5.41) is 9.44. The van der Waals surface area contributed by atoms with Crippen LogP contribution < -0.4 is 14.2 Å². The van der Waals surface area contributed by atoms with Gasteiger partial charge < -0.3 is 14.2 Å². The second kappa shape index (κ2) is 8.76. The number of methoxy groups -OCH3 is 1. The molecule has 0 saturated heterocycles. The molecule has 0 atom stereocenters. The molecule has 0 aliphatic carbocycles. The average Bonchev–Trinajstić information content (AvgIpc) is 3.49. The highest BCUT2D eigenvalue weighted by Gasteiger charge is 2.21. The lowest BCUT2D eigenvalue weighted by atomic mass is 10.1. The molecule has 1 aliphatic rings. The Morgan fingerprint density at radius 2 is 1.78 bits per heavy atom. The van der Waals surface area contributed by atoms with Gasteiger partial charge in [0.15, 0.2) is 28.3 Å². The van der Waals surface area contributed by atoms with E-state index in [0.29, 0.717) is 33.8 Å². The minimum atomic E-state index is -0.0420. The number of rotatable bonds is 7. The minimum Gasteiger partial charge on any atom is -0.496 e. The van der Waals surface area contributed by atoms with Gasteiger partial charge in [-0.3, -0.25) is 9.36 Å². The van der Waals surface area contributed by atoms with Gasteiger partial charge >= 0.3 is 0 Å². The van der Waals surface area contributed by atoms with Crippen LogP contribution in [-0.4, -0.2) is 40.2 Å². The first kappa shape index (κ1) is 20.1. The number of benzene rings is 3. The number of fused-ring (bicyclic) bond motifs is 1. The summed E-state index contributed by atoms with van der Waals surface area (Å²) < 4.78 is 18.2. The fourth-order valence-corrected chi connectivity index (χ4v) is 4.31. The molecule has 0 amide bonds. The Bertz CT molecular complexity index is 1270. The molecular weight excluding hydrogens is 426 g/mol. The Hall–Kier alpha value is -3.78. The van der Waals surface area contributed by atoms with Crippen LogP contribution in [0.1, 0.15) is 10.4 Å². The molecule has 0 fully saturated rings. The van der Waals surface area contributed by atoms with Crippen molar-refractivity contribution in [1.29, 1.82) is 0 Å². The minimum absolute atomic E-state index is 0.0420. The van der Waals surface area contributed by atoms with E-state index in [1.807, 2.05) is 65.2 Å². The summed E-state index contributed by atoms with van der Waals surface area (Å²) in [6, 6.07) is 22.7. The Kier molecular flexibility index (Phi) is 5.51. The fourth-order valence-electron chi connectivity index (χ4n) is 3.48. The molecule has 3 aromatic carbocycles. The summed E-state index contributed by atoms with van der Waals surface area (Å²) in [6.45, 7) is 0.205. The van der Waals surface area contributed by atoms with Gasteiger partial charge in [-0.25, -0.2) is 0 Å². The van der Waals surface area contributed by atoms with Crippen molar-refractivity contribution in [3.63, 3.8) is 0 Å². The molecule has 0 N–H and O–H groups in total. The van der Waals surface area contributed by atoms with E-state index < -0.39 is 0 Å². The average molecular weight is 446 g/mol. The summed E-state index contributed by atoms with van der Waals surface area (Å²) in [7, 11) is 1.56. The molecule has 8 heteroatoms. The maximum absolute atomic E-state index is 12.9. The summed E-state index contributed by atoms with van der Waals surface area (Å²) >= 11 is 1.33. The van der Waals surface area contributed by atoms with Crippen LogP contribution in [-0.2, 0) is 0 Å². The van der Waals surface area contributed by atoms with Gasteiger partial charge in [0.25, 0.3) is 0 Å². The van der Waals surface area contributed by atoms with Crippen molar-refractivity contribution in [2.24, 2.45) is 0 Å². The van der Waals surface area contributed by atoms with Crippen LogP contribution in [0.15, 0.2) is 78.0 Å². The quantitative estimate of drug-likeness (QED) is 0.303. The molecule has 32 heavy (non-hydrogen) atoms. The first-order valence-electron chi connectivity index (χ1n) is 9.94. The van der Waals surface area contributed by atoms with E-state index in [-0.39, 0.29) is 18.3 Å². The van der Waals surface area contributed by atoms with Crippen LogP contribution in [0.2, 0.25) is 0 Å². The lowest BCUT2D eigenvalue weighted by molar-refractivity contribution is 0.101. The monoisotopic (exact) mass is 445 g/mol. The largest absolute Gasteiger partial charge is 0.496 e. The van der Waals surface area contributed by atoms with E-state index >= 15 is 0 Å². The molecule has 0 saturated carbocycles. The molecular formula is C24H19N3O4S. The van der Waals surface area contributed by atoms with Crippen molar-refractivity contribution in [2.75, 3.05) is 19.7 Å². The highest BCUT2D eigenvalue weighted by atomic mass is 32.2. The number of Topliss-reactive ketones (excluding diaryl/α,β-unsaturated/α-hetero) is 1. The Balaban J connectivity index is 1.48. The topological polar surface area (TPSA) is 75.5 Å². The van der Waals surface area contributed by atoms with Crippen LogP contribution in [0.25, 0.3) is 17.1 Å². The summed E-state index contributed by atoms with van der Waals surface area (Å²) in [6.07, 6.45) is 0. The lowest BCUT2D eigenvalue weighted by Gasteiger charge is -2.11. The number of hydrogen-bond donors (Lipinski definition) is 0. The molecule has 1 aromatic heterocycles. The first-order chi connectivity index (χ1) is 15.7. The molecule has 0 radical (unpaired) electrons. The molecule has 1 aliphatic heterocycles. The van der Waals surface area contributed by atoms with Crippen LogP contribution >= 0.6 is 11.8 Å². The smallest absolute Gasteiger partial charge is 0.231 e. The fraction of sp³-hybridized carbons (Fsp3) is 0.125. The number of carbonyl (C=O) groups excluding carboxylic acids is 1. The van der Waals surface area contributed by atoms with E-state index in [1.165, 1.54) is 11.8 Å². The van der Waals surface area contributed by atoms with E-state index in [0.717, 1.165) is 11.3 Å². The Morgan fingerprint density at radius 1 is 1.00 bits per heavy atom. The van der Waals surface area contributed by atoms with Crippen molar-refractivity contribution >= 4 is 17.5 Å².